The van der Waals surface area contributed by atoms with Gasteiger partial charge in [-0.2, -0.15) is 4.39 Å². The summed E-state index contributed by atoms with van der Waals surface area (Å²) in [4.78, 5) is 37.1. The molecule has 206 valence electrons. The SMILES string of the molecule is Cc1ccc2c(CC(=O)N3C[C@H](F)C[C@H]3C(=O)N[C@@H](c3ccccc3)c3ccc(C(C)C)c(F)n3)cccc2n1. The topological polar surface area (TPSA) is 75.2 Å². The number of hydrogen-bond acceptors (Lipinski definition) is 4. The van der Waals surface area contributed by atoms with Crippen molar-refractivity contribution >= 4 is 22.7 Å². The molecule has 2 aromatic heterocycles. The highest BCUT2D eigenvalue weighted by Crippen LogP contribution is 2.28. The van der Waals surface area contributed by atoms with Crippen molar-refractivity contribution in [2.45, 2.75) is 57.8 Å². The van der Waals surface area contributed by atoms with Crippen LogP contribution in [0.15, 0.2) is 72.8 Å². The molecule has 0 unspecified atom stereocenters. The van der Waals surface area contributed by atoms with E-state index in [1.165, 1.54) is 4.90 Å². The normalized spacial score (nSPS) is 17.8. The van der Waals surface area contributed by atoms with Crippen LogP contribution in [0.25, 0.3) is 10.9 Å². The van der Waals surface area contributed by atoms with Gasteiger partial charge in [-0.15, -0.1) is 0 Å². The van der Waals surface area contributed by atoms with Gasteiger partial charge in [-0.25, -0.2) is 9.37 Å². The van der Waals surface area contributed by atoms with Crippen molar-refractivity contribution in [3.63, 3.8) is 0 Å². The number of aromatic nitrogens is 2. The second-order valence-corrected chi connectivity index (χ2v) is 10.6. The maximum atomic E-state index is 14.8. The van der Waals surface area contributed by atoms with Gasteiger partial charge in [0.15, 0.2) is 0 Å². The van der Waals surface area contributed by atoms with Gasteiger partial charge < -0.3 is 10.2 Å². The number of fused-ring (bicyclic) bond motifs is 1. The van der Waals surface area contributed by atoms with Gasteiger partial charge in [-0.3, -0.25) is 14.6 Å². The number of halogens is 2. The molecule has 1 N–H and O–H groups in total. The van der Waals surface area contributed by atoms with Crippen LogP contribution in [0.2, 0.25) is 0 Å². The first-order valence-electron chi connectivity index (χ1n) is 13.5. The molecule has 1 aliphatic rings. The van der Waals surface area contributed by atoms with Crippen LogP contribution >= 0.6 is 0 Å². The zero-order valence-corrected chi connectivity index (χ0v) is 22.8. The average molecular weight is 543 g/mol. The van der Waals surface area contributed by atoms with Crippen LogP contribution in [0.4, 0.5) is 8.78 Å². The van der Waals surface area contributed by atoms with E-state index in [0.29, 0.717) is 16.8 Å². The molecule has 0 bridgehead atoms. The van der Waals surface area contributed by atoms with Crippen molar-refractivity contribution in [2.75, 3.05) is 6.54 Å². The smallest absolute Gasteiger partial charge is 0.243 e. The van der Waals surface area contributed by atoms with Crippen LogP contribution in [-0.2, 0) is 16.0 Å². The van der Waals surface area contributed by atoms with Crippen molar-refractivity contribution in [1.29, 1.82) is 0 Å². The number of carbonyl (C=O) groups is 2. The van der Waals surface area contributed by atoms with Gasteiger partial charge in [0.25, 0.3) is 0 Å². The molecule has 3 atom stereocenters. The molecule has 6 nitrogen and oxygen atoms in total. The summed E-state index contributed by atoms with van der Waals surface area (Å²) in [6, 6.07) is 20.1. The van der Waals surface area contributed by atoms with Crippen LogP contribution in [-0.4, -0.2) is 45.4 Å². The summed E-state index contributed by atoms with van der Waals surface area (Å²) in [6.45, 7) is 5.50. The summed E-state index contributed by atoms with van der Waals surface area (Å²) in [5.41, 5.74) is 3.92. The summed E-state index contributed by atoms with van der Waals surface area (Å²) in [5.74, 6) is -1.49. The van der Waals surface area contributed by atoms with Gasteiger partial charge in [0.05, 0.1) is 30.2 Å². The third kappa shape index (κ3) is 5.71. The molecule has 8 heteroatoms. The minimum absolute atomic E-state index is 0.0180. The summed E-state index contributed by atoms with van der Waals surface area (Å²) in [7, 11) is 0. The number of hydrogen-bond donors (Lipinski definition) is 1. The van der Waals surface area contributed by atoms with E-state index < -0.39 is 30.1 Å². The standard InChI is InChI=1S/C32H32F2N4O2/c1-19(2)24-14-15-27(36-31(24)34)30(21-8-5-4-6-9-21)37-32(40)28-17-23(33)18-38(28)29(39)16-22-10-7-11-26-25(22)13-12-20(3)35-26/h4-15,19,23,28,30H,16-18H2,1-3H3,(H,37,40)/t23-,28+,30+/m1/s1. The van der Waals surface area contributed by atoms with Gasteiger partial charge in [0.2, 0.25) is 17.8 Å². The Morgan fingerprint density at radius 3 is 2.50 bits per heavy atom. The van der Waals surface area contributed by atoms with Crippen LogP contribution in [0.1, 0.15) is 60.3 Å². The number of nitrogens with zero attached hydrogens (tertiary/aromatic N) is 3. The Hall–Kier alpha value is -4.20. The third-order valence-corrected chi connectivity index (χ3v) is 7.41. The molecule has 5 rings (SSSR count). The zero-order chi connectivity index (χ0) is 28.4. The number of alkyl halides is 1. The maximum absolute atomic E-state index is 14.8. The molecular weight excluding hydrogens is 510 g/mol. The number of amides is 2. The molecule has 0 radical (unpaired) electrons. The van der Waals surface area contributed by atoms with Crippen molar-refractivity contribution in [1.82, 2.24) is 20.2 Å². The molecular formula is C32H32F2N4O2. The van der Waals surface area contributed by atoms with Gasteiger partial charge in [-0.1, -0.05) is 68.4 Å². The van der Waals surface area contributed by atoms with E-state index in [1.807, 2.05) is 81.4 Å². The minimum atomic E-state index is -1.33. The Bertz CT molecular complexity index is 1540. The number of nitrogens with one attached hydrogen (secondary N) is 1. The minimum Gasteiger partial charge on any atom is -0.342 e. The largest absolute Gasteiger partial charge is 0.342 e. The molecule has 3 heterocycles. The van der Waals surface area contributed by atoms with E-state index in [2.05, 4.69) is 15.3 Å². The number of pyridine rings is 2. The number of benzene rings is 2. The lowest BCUT2D eigenvalue weighted by molar-refractivity contribution is -0.138. The van der Waals surface area contributed by atoms with Crippen LogP contribution in [0.5, 0.6) is 0 Å². The summed E-state index contributed by atoms with van der Waals surface area (Å²) in [5, 5.41) is 3.78. The quantitative estimate of drug-likeness (QED) is 0.309. The Morgan fingerprint density at radius 2 is 1.77 bits per heavy atom. The van der Waals surface area contributed by atoms with Gasteiger partial charge >= 0.3 is 0 Å². The fraction of sp³-hybridized carbons (Fsp3) is 0.312. The van der Waals surface area contributed by atoms with Gasteiger partial charge in [0.1, 0.15) is 12.2 Å². The first-order valence-corrected chi connectivity index (χ1v) is 13.5. The molecule has 1 fully saturated rings. The van der Waals surface area contributed by atoms with Gasteiger partial charge in [0, 0.05) is 23.1 Å². The van der Waals surface area contributed by atoms with E-state index in [-0.39, 0.29) is 31.2 Å². The highest BCUT2D eigenvalue weighted by molar-refractivity contribution is 5.92. The van der Waals surface area contributed by atoms with E-state index in [0.717, 1.165) is 22.2 Å². The molecule has 0 spiro atoms. The van der Waals surface area contributed by atoms with Crippen LogP contribution < -0.4 is 5.32 Å². The fourth-order valence-corrected chi connectivity index (χ4v) is 5.31. The van der Waals surface area contributed by atoms with Crippen LogP contribution in [0.3, 0.4) is 0 Å². The van der Waals surface area contributed by atoms with E-state index in [9.17, 15) is 18.4 Å². The number of aryl methyl sites for hydroxylation is 1. The predicted molar refractivity (Wildman–Crippen MR) is 150 cm³/mol. The lowest BCUT2D eigenvalue weighted by Crippen LogP contribution is -2.47. The predicted octanol–water partition coefficient (Wildman–Crippen LogP) is 5.59. The Labute approximate surface area is 232 Å². The van der Waals surface area contributed by atoms with Crippen LogP contribution in [0, 0.1) is 12.9 Å². The molecule has 1 saturated heterocycles. The van der Waals surface area contributed by atoms with Crippen molar-refractivity contribution in [2.24, 2.45) is 0 Å². The third-order valence-electron chi connectivity index (χ3n) is 7.41. The molecule has 4 aromatic rings. The van der Waals surface area contributed by atoms with Crippen molar-refractivity contribution < 1.29 is 18.4 Å². The number of carbonyl (C=O) groups excluding carboxylic acids is 2. The fourth-order valence-electron chi connectivity index (χ4n) is 5.31. The number of likely N-dealkylation sites (tertiary alicyclic amines) is 1. The lowest BCUT2D eigenvalue weighted by atomic mass is 9.99. The van der Waals surface area contributed by atoms with E-state index in [4.69, 9.17) is 0 Å². The average Bonchev–Trinajstić information content (AvgIpc) is 3.33. The molecule has 2 aromatic carbocycles. The summed E-state index contributed by atoms with van der Waals surface area (Å²) >= 11 is 0. The number of rotatable bonds is 7. The van der Waals surface area contributed by atoms with E-state index in [1.54, 1.807) is 12.1 Å². The lowest BCUT2D eigenvalue weighted by Gasteiger charge is -2.27. The second-order valence-electron chi connectivity index (χ2n) is 10.6. The van der Waals surface area contributed by atoms with Crippen molar-refractivity contribution in [3.8, 4) is 0 Å². The first-order chi connectivity index (χ1) is 19.2. The molecule has 1 aliphatic heterocycles. The molecule has 40 heavy (non-hydrogen) atoms. The summed E-state index contributed by atoms with van der Waals surface area (Å²) < 4.78 is 29.5. The van der Waals surface area contributed by atoms with Gasteiger partial charge in [-0.05, 0) is 42.2 Å². The Morgan fingerprint density at radius 1 is 1.00 bits per heavy atom. The Balaban J connectivity index is 1.40. The molecule has 0 aliphatic carbocycles. The zero-order valence-electron chi connectivity index (χ0n) is 22.8. The van der Waals surface area contributed by atoms with E-state index >= 15 is 0 Å². The molecule has 2 amide bonds. The Kier molecular flexibility index (Phi) is 7.87. The monoisotopic (exact) mass is 542 g/mol. The molecule has 0 saturated carbocycles. The maximum Gasteiger partial charge on any atom is 0.243 e. The first kappa shape index (κ1) is 27.4. The second kappa shape index (κ2) is 11.5. The highest BCUT2D eigenvalue weighted by Gasteiger charge is 2.40. The van der Waals surface area contributed by atoms with Crippen molar-refractivity contribution in [3.05, 3.63) is 107 Å². The highest BCUT2D eigenvalue weighted by atomic mass is 19.1. The summed E-state index contributed by atoms with van der Waals surface area (Å²) in [6.07, 6.45) is -1.42.